The van der Waals surface area contributed by atoms with Gasteiger partial charge in [-0.2, -0.15) is 0 Å². The molecule has 1 fully saturated rings. The third-order valence-corrected chi connectivity index (χ3v) is 2.97. The fourth-order valence-electron chi connectivity index (χ4n) is 2.10. The smallest absolute Gasteiger partial charge is 0.158 e. The zero-order chi connectivity index (χ0) is 9.97. The molecule has 0 radical (unpaired) electrons. The summed E-state index contributed by atoms with van der Waals surface area (Å²) in [6, 6.07) is 0.379. The Labute approximate surface area is 84.0 Å². The molecule has 0 saturated carbocycles. The topological polar surface area (TPSA) is 55.3 Å². The van der Waals surface area contributed by atoms with Crippen molar-refractivity contribution in [2.24, 2.45) is 5.73 Å². The van der Waals surface area contributed by atoms with Crippen molar-refractivity contribution in [2.75, 3.05) is 13.6 Å². The number of hydrogen-bond donors (Lipinski definition) is 1. The van der Waals surface area contributed by atoms with Crippen LogP contribution in [0.15, 0.2) is 10.7 Å². The van der Waals surface area contributed by atoms with Gasteiger partial charge in [0.15, 0.2) is 5.76 Å². The molecule has 4 nitrogen and oxygen atoms in total. The first-order valence-electron chi connectivity index (χ1n) is 5.16. The van der Waals surface area contributed by atoms with Crippen molar-refractivity contribution in [2.45, 2.75) is 31.8 Å². The lowest BCUT2D eigenvalue weighted by atomic mass is 9.98. The fourth-order valence-corrected chi connectivity index (χ4v) is 2.10. The van der Waals surface area contributed by atoms with Gasteiger partial charge in [0.2, 0.25) is 0 Å². The van der Waals surface area contributed by atoms with Gasteiger partial charge in [-0.25, -0.2) is 0 Å². The molecule has 1 atom stereocenters. The Balaban J connectivity index is 2.20. The third-order valence-electron chi connectivity index (χ3n) is 2.97. The molecule has 1 saturated heterocycles. The van der Waals surface area contributed by atoms with Gasteiger partial charge in [0.05, 0.1) is 12.2 Å². The van der Waals surface area contributed by atoms with E-state index in [0.29, 0.717) is 12.6 Å². The second-order valence-electron chi connectivity index (χ2n) is 3.91. The molecular weight excluding hydrogens is 178 g/mol. The van der Waals surface area contributed by atoms with Crippen LogP contribution in [0.5, 0.6) is 0 Å². The van der Waals surface area contributed by atoms with E-state index in [2.05, 4.69) is 17.1 Å². The minimum atomic E-state index is 0.379. The first-order chi connectivity index (χ1) is 6.83. The van der Waals surface area contributed by atoms with E-state index in [1.165, 1.54) is 12.8 Å². The molecule has 0 spiro atoms. The maximum absolute atomic E-state index is 5.63. The van der Waals surface area contributed by atoms with E-state index >= 15 is 0 Å². The number of aromatic nitrogens is 1. The van der Waals surface area contributed by atoms with Gasteiger partial charge in [-0.05, 0) is 26.4 Å². The molecule has 0 aromatic carbocycles. The molecule has 0 aliphatic carbocycles. The van der Waals surface area contributed by atoms with Crippen molar-refractivity contribution < 1.29 is 4.52 Å². The number of nitrogens with zero attached hydrogens (tertiary/aromatic N) is 2. The van der Waals surface area contributed by atoms with Gasteiger partial charge >= 0.3 is 0 Å². The van der Waals surface area contributed by atoms with Crippen LogP contribution in [0.3, 0.4) is 0 Å². The minimum Gasteiger partial charge on any atom is -0.359 e. The Hall–Kier alpha value is -0.870. The molecule has 4 heteroatoms. The van der Waals surface area contributed by atoms with E-state index in [1.807, 2.05) is 0 Å². The zero-order valence-electron chi connectivity index (χ0n) is 8.57. The number of piperidine rings is 1. The summed E-state index contributed by atoms with van der Waals surface area (Å²) in [4.78, 5) is 2.32. The summed E-state index contributed by atoms with van der Waals surface area (Å²) in [7, 11) is 2.13. The maximum Gasteiger partial charge on any atom is 0.158 e. The quantitative estimate of drug-likeness (QED) is 0.772. The molecule has 1 aliphatic rings. The highest BCUT2D eigenvalue weighted by molar-refractivity contribution is 5.17. The van der Waals surface area contributed by atoms with Crippen LogP contribution in [-0.2, 0) is 6.54 Å². The van der Waals surface area contributed by atoms with Crippen LogP contribution in [0.4, 0.5) is 0 Å². The first kappa shape index (κ1) is 9.68. The van der Waals surface area contributed by atoms with Crippen LogP contribution in [0.2, 0.25) is 0 Å². The minimum absolute atomic E-state index is 0.379. The Kier molecular flexibility index (Phi) is 2.84. The summed E-state index contributed by atoms with van der Waals surface area (Å²) in [6.07, 6.45) is 5.43. The molecule has 78 valence electrons. The molecule has 2 N–H and O–H groups in total. The largest absolute Gasteiger partial charge is 0.359 e. The molecule has 2 rings (SSSR count). The first-order valence-corrected chi connectivity index (χ1v) is 5.16. The summed E-state index contributed by atoms with van der Waals surface area (Å²) in [5.41, 5.74) is 6.67. The highest BCUT2D eigenvalue weighted by Gasteiger charge is 2.25. The van der Waals surface area contributed by atoms with Crippen LogP contribution in [0.25, 0.3) is 0 Å². The van der Waals surface area contributed by atoms with Crippen LogP contribution in [0, 0.1) is 0 Å². The van der Waals surface area contributed by atoms with E-state index in [4.69, 9.17) is 10.3 Å². The average molecular weight is 195 g/mol. The predicted molar refractivity (Wildman–Crippen MR) is 53.6 cm³/mol. The molecule has 1 aromatic rings. The highest BCUT2D eigenvalue weighted by atomic mass is 16.5. The Morgan fingerprint density at radius 2 is 2.50 bits per heavy atom. The molecule has 2 heterocycles. The summed E-state index contributed by atoms with van der Waals surface area (Å²) in [5.74, 6) is 0.967. The normalized spacial score (nSPS) is 24.0. The standard InChI is InChI=1S/C10H17N3O/c1-13-5-3-2-4-9(13)10-8(6-11)7-12-14-10/h7,9H,2-6,11H2,1H3. The predicted octanol–water partition coefficient (Wildman–Crippen LogP) is 1.29. The van der Waals surface area contributed by atoms with Gasteiger partial charge in [0.25, 0.3) is 0 Å². The van der Waals surface area contributed by atoms with Crippen molar-refractivity contribution in [3.05, 3.63) is 17.5 Å². The molecule has 0 bridgehead atoms. The number of likely N-dealkylation sites (tertiary alicyclic amines) is 1. The summed E-state index contributed by atoms with van der Waals surface area (Å²) in [6.45, 7) is 1.65. The van der Waals surface area contributed by atoms with Crippen LogP contribution < -0.4 is 5.73 Å². The van der Waals surface area contributed by atoms with E-state index < -0.39 is 0 Å². The summed E-state index contributed by atoms with van der Waals surface area (Å²) < 4.78 is 5.29. The third kappa shape index (κ3) is 1.67. The van der Waals surface area contributed by atoms with Gasteiger partial charge in [0.1, 0.15) is 0 Å². The van der Waals surface area contributed by atoms with E-state index in [-0.39, 0.29) is 0 Å². The average Bonchev–Trinajstić information content (AvgIpc) is 2.66. The van der Waals surface area contributed by atoms with Gasteiger partial charge in [0, 0.05) is 12.1 Å². The summed E-state index contributed by atoms with van der Waals surface area (Å²) >= 11 is 0. The highest BCUT2D eigenvalue weighted by Crippen LogP contribution is 2.31. The molecule has 1 aliphatic heterocycles. The Morgan fingerprint density at radius 1 is 1.64 bits per heavy atom. The number of hydrogen-bond acceptors (Lipinski definition) is 4. The van der Waals surface area contributed by atoms with Crippen LogP contribution in [-0.4, -0.2) is 23.6 Å². The second kappa shape index (κ2) is 4.11. The van der Waals surface area contributed by atoms with E-state index in [1.54, 1.807) is 6.20 Å². The summed E-state index contributed by atoms with van der Waals surface area (Å²) in [5, 5.41) is 3.82. The van der Waals surface area contributed by atoms with Gasteiger partial charge < -0.3 is 10.3 Å². The number of rotatable bonds is 2. The van der Waals surface area contributed by atoms with Gasteiger partial charge in [-0.15, -0.1) is 0 Å². The van der Waals surface area contributed by atoms with Crippen LogP contribution in [0.1, 0.15) is 36.6 Å². The van der Waals surface area contributed by atoms with Crippen molar-refractivity contribution in [3.63, 3.8) is 0 Å². The van der Waals surface area contributed by atoms with Gasteiger partial charge in [-0.1, -0.05) is 11.6 Å². The van der Waals surface area contributed by atoms with E-state index in [0.717, 1.165) is 24.3 Å². The Morgan fingerprint density at radius 3 is 3.21 bits per heavy atom. The van der Waals surface area contributed by atoms with Crippen LogP contribution >= 0.6 is 0 Å². The molecule has 1 aromatic heterocycles. The molecule has 1 unspecified atom stereocenters. The fraction of sp³-hybridized carbons (Fsp3) is 0.700. The van der Waals surface area contributed by atoms with Crippen molar-refractivity contribution >= 4 is 0 Å². The van der Waals surface area contributed by atoms with Crippen molar-refractivity contribution in [1.29, 1.82) is 0 Å². The lowest BCUT2D eigenvalue weighted by Gasteiger charge is -2.30. The van der Waals surface area contributed by atoms with Crippen molar-refractivity contribution in [1.82, 2.24) is 10.1 Å². The molecular formula is C10H17N3O. The number of nitrogens with two attached hydrogens (primary N) is 1. The monoisotopic (exact) mass is 195 g/mol. The lowest BCUT2D eigenvalue weighted by molar-refractivity contribution is 0.154. The van der Waals surface area contributed by atoms with Crippen molar-refractivity contribution in [3.8, 4) is 0 Å². The SMILES string of the molecule is CN1CCCCC1c1oncc1CN. The van der Waals surface area contributed by atoms with Gasteiger partial charge in [-0.3, -0.25) is 4.90 Å². The maximum atomic E-state index is 5.63. The van der Waals surface area contributed by atoms with E-state index in [9.17, 15) is 0 Å². The second-order valence-corrected chi connectivity index (χ2v) is 3.91. The Bertz CT molecular complexity index is 297. The zero-order valence-corrected chi connectivity index (χ0v) is 8.57. The molecule has 14 heavy (non-hydrogen) atoms. The lowest BCUT2D eigenvalue weighted by Crippen LogP contribution is -2.30. The molecule has 0 amide bonds.